The number of esters is 1. The fraction of sp³-hybridized carbons (Fsp3) is 0.263. The van der Waals surface area contributed by atoms with Gasteiger partial charge in [0, 0.05) is 16.5 Å². The molecule has 0 aliphatic heterocycles. The first-order chi connectivity index (χ1) is 12.8. The molecule has 0 radical (unpaired) electrons. The van der Waals surface area contributed by atoms with E-state index in [1.165, 1.54) is 38.5 Å². The molecule has 2 aromatic rings. The van der Waals surface area contributed by atoms with Crippen LogP contribution in [0.2, 0.25) is 0 Å². The second-order valence-corrected chi connectivity index (χ2v) is 10.3. The van der Waals surface area contributed by atoms with Gasteiger partial charge in [-0.15, -0.1) is 0 Å². The molecule has 27 heavy (non-hydrogen) atoms. The molecule has 0 saturated heterocycles. The second kappa shape index (κ2) is 9.05. The molecule has 0 amide bonds. The van der Waals surface area contributed by atoms with Crippen molar-refractivity contribution in [2.24, 2.45) is 0 Å². The Bertz CT molecular complexity index is 902. The zero-order chi connectivity index (χ0) is 20.0. The quantitative estimate of drug-likeness (QED) is 0.378. The van der Waals surface area contributed by atoms with Gasteiger partial charge < -0.3 is 9.47 Å². The lowest BCUT2D eigenvalue weighted by molar-refractivity contribution is 0.0600. The summed E-state index contributed by atoms with van der Waals surface area (Å²) < 4.78 is 34.7. The maximum absolute atomic E-state index is 12.5. The average molecular weight is 410 g/mol. The van der Waals surface area contributed by atoms with E-state index in [1.807, 2.05) is 0 Å². The van der Waals surface area contributed by atoms with Gasteiger partial charge in [-0.2, -0.15) is 0 Å². The minimum absolute atomic E-state index is 0.106. The van der Waals surface area contributed by atoms with E-state index in [0.717, 1.165) is 0 Å². The van der Waals surface area contributed by atoms with Crippen molar-refractivity contribution in [2.45, 2.75) is 4.90 Å². The Morgan fingerprint density at radius 1 is 0.926 bits per heavy atom. The van der Waals surface area contributed by atoms with E-state index >= 15 is 0 Å². The zero-order valence-corrected chi connectivity index (χ0v) is 16.9. The predicted molar refractivity (Wildman–Crippen MR) is 105 cm³/mol. The molecule has 0 aliphatic carbocycles. The lowest BCUT2D eigenvalue weighted by atomic mass is 10.1. The molecule has 0 N–H and O–H groups in total. The van der Waals surface area contributed by atoms with Crippen molar-refractivity contribution in [2.75, 3.05) is 31.3 Å². The SMILES string of the molecule is COC(=O)c1ccc(C(=O)C[S+](C)CS(=O)(=O)c2ccc(OC)cc2)cc1. The Morgan fingerprint density at radius 3 is 2.00 bits per heavy atom. The van der Waals surface area contributed by atoms with Crippen LogP contribution in [0.4, 0.5) is 0 Å². The molecular formula is C19H21O6S2+. The molecule has 6 nitrogen and oxygen atoms in total. The van der Waals surface area contributed by atoms with E-state index in [4.69, 9.17) is 4.74 Å². The van der Waals surface area contributed by atoms with Crippen molar-refractivity contribution < 1.29 is 27.5 Å². The largest absolute Gasteiger partial charge is 0.497 e. The summed E-state index contributed by atoms with van der Waals surface area (Å²) in [6.45, 7) is 0. The number of hydrogen-bond acceptors (Lipinski definition) is 6. The number of benzene rings is 2. The van der Waals surface area contributed by atoms with Crippen LogP contribution in [0.3, 0.4) is 0 Å². The summed E-state index contributed by atoms with van der Waals surface area (Å²) in [4.78, 5) is 24.0. The molecule has 0 bridgehead atoms. The number of hydrogen-bond donors (Lipinski definition) is 0. The number of ketones is 1. The van der Waals surface area contributed by atoms with Gasteiger partial charge in [0.15, 0.2) is 5.75 Å². The van der Waals surface area contributed by atoms with Crippen molar-refractivity contribution in [3.05, 3.63) is 59.7 Å². The molecule has 0 saturated carbocycles. The van der Waals surface area contributed by atoms with Crippen molar-refractivity contribution in [1.29, 1.82) is 0 Å². The number of carbonyl (C=O) groups is 2. The molecule has 8 heteroatoms. The van der Waals surface area contributed by atoms with Gasteiger partial charge in [-0.05, 0) is 36.4 Å². The van der Waals surface area contributed by atoms with E-state index in [9.17, 15) is 18.0 Å². The summed E-state index contributed by atoms with van der Waals surface area (Å²) in [6.07, 6.45) is 1.75. The Balaban J connectivity index is 2.02. The highest BCUT2D eigenvalue weighted by molar-refractivity contribution is 8.10. The molecule has 2 rings (SSSR count). The number of carbonyl (C=O) groups excluding carboxylic acids is 2. The van der Waals surface area contributed by atoms with Crippen LogP contribution in [-0.2, 0) is 25.5 Å². The summed E-state index contributed by atoms with van der Waals surface area (Å²) in [6, 6.07) is 12.3. The van der Waals surface area contributed by atoms with E-state index in [0.29, 0.717) is 16.9 Å². The molecule has 1 atom stereocenters. The molecule has 144 valence electrons. The Morgan fingerprint density at radius 2 is 1.48 bits per heavy atom. The highest BCUT2D eigenvalue weighted by Gasteiger charge is 2.27. The van der Waals surface area contributed by atoms with Gasteiger partial charge in [-0.1, -0.05) is 12.1 Å². The fourth-order valence-electron chi connectivity index (χ4n) is 2.37. The predicted octanol–water partition coefficient (Wildman–Crippen LogP) is 2.34. The number of ether oxygens (including phenoxy) is 2. The molecule has 0 heterocycles. The lowest BCUT2D eigenvalue weighted by Gasteiger charge is -2.07. The first-order valence-electron chi connectivity index (χ1n) is 7.94. The number of rotatable bonds is 8. The highest BCUT2D eigenvalue weighted by Crippen LogP contribution is 2.18. The van der Waals surface area contributed by atoms with Crippen LogP contribution < -0.4 is 4.74 Å². The molecule has 0 spiro atoms. The van der Waals surface area contributed by atoms with Crippen molar-refractivity contribution in [1.82, 2.24) is 0 Å². The van der Waals surface area contributed by atoms with Crippen molar-refractivity contribution >= 4 is 32.5 Å². The minimum atomic E-state index is -3.49. The van der Waals surface area contributed by atoms with Crippen molar-refractivity contribution in [3.8, 4) is 5.75 Å². The van der Waals surface area contributed by atoms with Crippen LogP contribution >= 0.6 is 0 Å². The Kier molecular flexibility index (Phi) is 7.04. The minimum Gasteiger partial charge on any atom is -0.497 e. The first kappa shape index (κ1) is 21.0. The van der Waals surface area contributed by atoms with Crippen LogP contribution in [0.5, 0.6) is 5.75 Å². The van der Waals surface area contributed by atoms with Crippen LogP contribution in [0, 0.1) is 0 Å². The molecule has 0 aromatic heterocycles. The molecule has 0 fully saturated rings. The standard InChI is InChI=1S/C19H21O6S2/c1-24-16-8-10-17(11-9-16)27(22,23)13-26(3)12-18(20)14-4-6-15(7-5-14)19(21)25-2/h4-11H,12-13H2,1-3H3/q+1. The third-order valence-electron chi connectivity index (χ3n) is 3.78. The van der Waals surface area contributed by atoms with Gasteiger partial charge >= 0.3 is 5.97 Å². The van der Waals surface area contributed by atoms with Crippen molar-refractivity contribution in [3.63, 3.8) is 0 Å². The maximum atomic E-state index is 12.5. The van der Waals surface area contributed by atoms with Crippen LogP contribution in [0.1, 0.15) is 20.7 Å². The summed E-state index contributed by atoms with van der Waals surface area (Å²) in [5, 5.41) is -0.106. The smallest absolute Gasteiger partial charge is 0.337 e. The highest BCUT2D eigenvalue weighted by atomic mass is 32.3. The monoisotopic (exact) mass is 409 g/mol. The van der Waals surface area contributed by atoms with Gasteiger partial charge in [-0.3, -0.25) is 4.79 Å². The third kappa shape index (κ3) is 5.58. The fourth-order valence-corrected chi connectivity index (χ4v) is 6.54. The van der Waals surface area contributed by atoms with Gasteiger partial charge in [-0.25, -0.2) is 13.2 Å². The first-order valence-corrected chi connectivity index (χ1v) is 11.6. The molecule has 1 unspecified atom stereocenters. The number of sulfone groups is 1. The molecule has 2 aromatic carbocycles. The summed E-state index contributed by atoms with van der Waals surface area (Å²) in [7, 11) is -1.35. The summed E-state index contributed by atoms with van der Waals surface area (Å²) in [5.41, 5.74) is 0.787. The topological polar surface area (TPSA) is 86.7 Å². The summed E-state index contributed by atoms with van der Waals surface area (Å²) in [5.74, 6) is 0.0551. The lowest BCUT2D eigenvalue weighted by Crippen LogP contribution is -2.23. The van der Waals surface area contributed by atoms with Gasteiger partial charge in [0.05, 0.1) is 30.9 Å². The van der Waals surface area contributed by atoms with Gasteiger partial charge in [0.2, 0.25) is 20.7 Å². The second-order valence-electron chi connectivity index (χ2n) is 5.83. The Labute approximate surface area is 161 Å². The van der Waals surface area contributed by atoms with E-state index in [-0.39, 0.29) is 21.5 Å². The van der Waals surface area contributed by atoms with Crippen LogP contribution in [-0.4, -0.2) is 51.5 Å². The normalized spacial score (nSPS) is 12.3. The van der Waals surface area contributed by atoms with Crippen LogP contribution in [0.15, 0.2) is 53.4 Å². The molecular weight excluding hydrogens is 388 g/mol. The number of methoxy groups -OCH3 is 2. The van der Waals surface area contributed by atoms with Gasteiger partial charge in [0.1, 0.15) is 5.75 Å². The van der Waals surface area contributed by atoms with Crippen LogP contribution in [0.25, 0.3) is 0 Å². The summed E-state index contributed by atoms with van der Waals surface area (Å²) >= 11 is 0. The number of Topliss-reactive ketones (excluding diaryl/α,β-unsaturated/α-hetero) is 1. The zero-order valence-electron chi connectivity index (χ0n) is 15.3. The molecule has 0 aliphatic rings. The average Bonchev–Trinajstić information content (AvgIpc) is 2.67. The van der Waals surface area contributed by atoms with E-state index in [2.05, 4.69) is 4.74 Å². The Hall–Kier alpha value is -2.32. The van der Waals surface area contributed by atoms with Gasteiger partial charge in [0.25, 0.3) is 0 Å². The van der Waals surface area contributed by atoms with E-state index < -0.39 is 26.7 Å². The maximum Gasteiger partial charge on any atom is 0.337 e. The van der Waals surface area contributed by atoms with E-state index in [1.54, 1.807) is 30.5 Å². The third-order valence-corrected chi connectivity index (χ3v) is 8.38.